The van der Waals surface area contributed by atoms with Crippen molar-refractivity contribution in [2.75, 3.05) is 23.9 Å². The van der Waals surface area contributed by atoms with E-state index in [0.29, 0.717) is 18.8 Å². The highest BCUT2D eigenvalue weighted by molar-refractivity contribution is 7.92. The lowest BCUT2D eigenvalue weighted by Crippen LogP contribution is -2.48. The Morgan fingerprint density at radius 2 is 1.76 bits per heavy atom. The normalized spacial score (nSPS) is 19.8. The third kappa shape index (κ3) is 4.57. The van der Waals surface area contributed by atoms with Crippen LogP contribution in [0, 0.1) is 0 Å². The van der Waals surface area contributed by atoms with Crippen LogP contribution >= 0.6 is 11.6 Å². The Balaban J connectivity index is 1.97. The second kappa shape index (κ2) is 8.73. The van der Waals surface area contributed by atoms with E-state index in [9.17, 15) is 13.2 Å². The van der Waals surface area contributed by atoms with Gasteiger partial charge in [-0.3, -0.25) is 9.10 Å². The highest BCUT2D eigenvalue weighted by Gasteiger charge is 2.30. The third-order valence-electron chi connectivity index (χ3n) is 4.79. The van der Waals surface area contributed by atoms with Gasteiger partial charge in [0.2, 0.25) is 0 Å². The molecule has 3 rings (SSSR count). The molecule has 0 spiro atoms. The molecule has 1 amide bonds. The van der Waals surface area contributed by atoms with E-state index in [0.717, 1.165) is 0 Å². The average Bonchev–Trinajstić information content (AvgIpc) is 2.68. The molecule has 2 aromatic rings. The summed E-state index contributed by atoms with van der Waals surface area (Å²) in [6.45, 7) is 6.69. The molecule has 1 aliphatic rings. The average molecular weight is 437 g/mol. The number of carbonyl (C=O) groups excluding carboxylic acids is 1. The number of nitrogens with zero attached hydrogens (tertiary/aromatic N) is 2. The second-order valence-electron chi connectivity index (χ2n) is 7.11. The Morgan fingerprint density at radius 3 is 2.34 bits per heavy atom. The molecule has 0 aliphatic carbocycles. The number of morpholine rings is 1. The summed E-state index contributed by atoms with van der Waals surface area (Å²) in [7, 11) is -3.85. The molecule has 0 aromatic heterocycles. The quantitative estimate of drug-likeness (QED) is 0.714. The van der Waals surface area contributed by atoms with Crippen LogP contribution in [0.25, 0.3) is 0 Å². The number of amides is 1. The maximum Gasteiger partial charge on any atom is 0.264 e. The van der Waals surface area contributed by atoms with Crippen molar-refractivity contribution in [1.82, 2.24) is 4.90 Å². The number of carbonyl (C=O) groups is 1. The van der Waals surface area contributed by atoms with E-state index in [1.807, 2.05) is 19.9 Å². The maximum absolute atomic E-state index is 13.3. The molecular weight excluding hydrogens is 412 g/mol. The summed E-state index contributed by atoms with van der Waals surface area (Å²) in [6, 6.07) is 13.1. The van der Waals surface area contributed by atoms with Crippen molar-refractivity contribution in [3.8, 4) is 0 Å². The summed E-state index contributed by atoms with van der Waals surface area (Å²) in [5.74, 6) is -0.295. The first-order valence-corrected chi connectivity index (χ1v) is 11.4. The zero-order chi connectivity index (χ0) is 21.2. The van der Waals surface area contributed by atoms with Crippen LogP contribution in [0.15, 0.2) is 53.4 Å². The Kier molecular flexibility index (Phi) is 6.51. The van der Waals surface area contributed by atoms with Crippen LogP contribution in [0.3, 0.4) is 0 Å². The highest BCUT2D eigenvalue weighted by atomic mass is 35.5. The predicted octanol–water partition coefficient (Wildman–Crippen LogP) is 3.80. The van der Waals surface area contributed by atoms with Crippen molar-refractivity contribution >= 4 is 33.2 Å². The number of hydrogen-bond donors (Lipinski definition) is 0. The Hall–Kier alpha value is -2.09. The fourth-order valence-electron chi connectivity index (χ4n) is 3.56. The van der Waals surface area contributed by atoms with Crippen LogP contribution in [-0.4, -0.2) is 51.1 Å². The van der Waals surface area contributed by atoms with Gasteiger partial charge in [-0.25, -0.2) is 8.42 Å². The van der Waals surface area contributed by atoms with Gasteiger partial charge in [-0.1, -0.05) is 29.8 Å². The van der Waals surface area contributed by atoms with E-state index < -0.39 is 10.0 Å². The molecule has 1 fully saturated rings. The summed E-state index contributed by atoms with van der Waals surface area (Å²) < 4.78 is 33.5. The lowest BCUT2D eigenvalue weighted by molar-refractivity contribution is -0.0586. The minimum Gasteiger partial charge on any atom is -0.372 e. The van der Waals surface area contributed by atoms with Gasteiger partial charge in [0, 0.05) is 19.6 Å². The van der Waals surface area contributed by atoms with Gasteiger partial charge in [0.25, 0.3) is 15.9 Å². The fraction of sp³-hybridized carbons (Fsp3) is 0.381. The van der Waals surface area contributed by atoms with Crippen LogP contribution in [0.2, 0.25) is 5.02 Å². The van der Waals surface area contributed by atoms with Gasteiger partial charge < -0.3 is 9.64 Å². The summed E-state index contributed by atoms with van der Waals surface area (Å²) in [5.41, 5.74) is 0.742. The molecule has 0 saturated carbocycles. The third-order valence-corrected chi connectivity index (χ3v) is 7.02. The van der Waals surface area contributed by atoms with Gasteiger partial charge in [-0.05, 0) is 51.1 Å². The molecule has 29 heavy (non-hydrogen) atoms. The number of para-hydroxylation sites is 1. The monoisotopic (exact) mass is 436 g/mol. The minimum atomic E-state index is -3.85. The number of hydrogen-bond acceptors (Lipinski definition) is 4. The Bertz CT molecular complexity index is 971. The molecule has 1 heterocycles. The van der Waals surface area contributed by atoms with Crippen molar-refractivity contribution in [3.05, 3.63) is 59.1 Å². The molecule has 2 atom stereocenters. The standard InChI is InChI=1S/C21H25ClN2O4S/c1-4-24(17-8-6-5-7-9-17)29(26,27)18-10-11-20(22)19(12-18)21(25)23-13-15(2)28-16(3)14-23/h5-12,15-16H,4,13-14H2,1-3H3/t15-,16+. The van der Waals surface area contributed by atoms with Gasteiger partial charge in [0.05, 0.1) is 33.4 Å². The topological polar surface area (TPSA) is 66.9 Å². The van der Waals surface area contributed by atoms with Gasteiger partial charge in [0.1, 0.15) is 0 Å². The SMILES string of the molecule is CCN(c1ccccc1)S(=O)(=O)c1ccc(Cl)c(C(=O)N2C[C@@H](C)O[C@@H](C)C2)c1. The van der Waals surface area contributed by atoms with E-state index >= 15 is 0 Å². The molecule has 0 unspecified atom stereocenters. The molecule has 1 saturated heterocycles. The lowest BCUT2D eigenvalue weighted by Gasteiger charge is -2.35. The number of rotatable bonds is 5. The van der Waals surface area contributed by atoms with Gasteiger partial charge in [0.15, 0.2) is 0 Å². The molecule has 6 nitrogen and oxygen atoms in total. The highest BCUT2D eigenvalue weighted by Crippen LogP contribution is 2.28. The number of sulfonamides is 1. The second-order valence-corrected chi connectivity index (χ2v) is 9.38. The van der Waals surface area contributed by atoms with Gasteiger partial charge in [-0.2, -0.15) is 0 Å². The molecule has 156 valence electrons. The van der Waals surface area contributed by atoms with Gasteiger partial charge in [-0.15, -0.1) is 0 Å². The first kappa shape index (κ1) is 21.6. The molecule has 0 N–H and O–H groups in total. The van der Waals surface area contributed by atoms with Crippen molar-refractivity contribution in [2.24, 2.45) is 0 Å². The zero-order valence-electron chi connectivity index (χ0n) is 16.7. The van der Waals surface area contributed by atoms with E-state index in [4.69, 9.17) is 16.3 Å². The van der Waals surface area contributed by atoms with E-state index in [-0.39, 0.29) is 40.1 Å². The molecule has 2 aromatic carbocycles. The smallest absolute Gasteiger partial charge is 0.264 e. The number of anilines is 1. The summed E-state index contributed by atoms with van der Waals surface area (Å²) in [5, 5.41) is 0.225. The molecule has 8 heteroatoms. The molecule has 0 bridgehead atoms. The molecular formula is C21H25ClN2O4S. The molecule has 1 aliphatic heterocycles. The van der Waals surface area contributed by atoms with Crippen molar-refractivity contribution < 1.29 is 17.9 Å². The first-order valence-electron chi connectivity index (χ1n) is 9.56. The Morgan fingerprint density at radius 1 is 1.14 bits per heavy atom. The van der Waals surface area contributed by atoms with Crippen molar-refractivity contribution in [3.63, 3.8) is 0 Å². The van der Waals surface area contributed by atoms with Crippen LogP contribution in [-0.2, 0) is 14.8 Å². The van der Waals surface area contributed by atoms with Crippen LogP contribution in [0.4, 0.5) is 5.69 Å². The largest absolute Gasteiger partial charge is 0.372 e. The van der Waals surface area contributed by atoms with Crippen molar-refractivity contribution in [2.45, 2.75) is 37.9 Å². The summed E-state index contributed by atoms with van der Waals surface area (Å²) >= 11 is 6.28. The van der Waals surface area contributed by atoms with Crippen LogP contribution < -0.4 is 4.31 Å². The summed E-state index contributed by atoms with van der Waals surface area (Å²) in [4.78, 5) is 14.8. The number of ether oxygens (including phenoxy) is 1. The first-order chi connectivity index (χ1) is 13.7. The van der Waals surface area contributed by atoms with Crippen LogP contribution in [0.5, 0.6) is 0 Å². The van der Waals surface area contributed by atoms with E-state index in [1.165, 1.54) is 22.5 Å². The number of halogens is 1. The fourth-order valence-corrected chi connectivity index (χ4v) is 5.25. The number of benzene rings is 2. The van der Waals surface area contributed by atoms with Crippen molar-refractivity contribution in [1.29, 1.82) is 0 Å². The lowest BCUT2D eigenvalue weighted by atomic mass is 10.1. The van der Waals surface area contributed by atoms with Gasteiger partial charge >= 0.3 is 0 Å². The van der Waals surface area contributed by atoms with E-state index in [2.05, 4.69) is 0 Å². The predicted molar refractivity (Wildman–Crippen MR) is 114 cm³/mol. The minimum absolute atomic E-state index is 0.0327. The molecule has 0 radical (unpaired) electrons. The Labute approximate surface area is 177 Å². The maximum atomic E-state index is 13.3. The summed E-state index contributed by atoms with van der Waals surface area (Å²) in [6.07, 6.45) is -0.191. The van der Waals surface area contributed by atoms with Crippen LogP contribution in [0.1, 0.15) is 31.1 Å². The zero-order valence-corrected chi connectivity index (χ0v) is 18.3. The van der Waals surface area contributed by atoms with E-state index in [1.54, 1.807) is 36.1 Å².